The zero-order chi connectivity index (χ0) is 17.7. The summed E-state index contributed by atoms with van der Waals surface area (Å²) < 4.78 is 5.39. The Labute approximate surface area is 149 Å². The van der Waals surface area contributed by atoms with Gasteiger partial charge in [-0.15, -0.1) is 0 Å². The fraction of sp³-hybridized carbons (Fsp3) is 0.429. The van der Waals surface area contributed by atoms with Crippen molar-refractivity contribution in [3.05, 3.63) is 65.2 Å². The van der Waals surface area contributed by atoms with Crippen LogP contribution in [0.5, 0.6) is 5.75 Å². The van der Waals surface area contributed by atoms with Crippen molar-refractivity contribution in [3.63, 3.8) is 0 Å². The molecule has 1 fully saturated rings. The highest BCUT2D eigenvalue weighted by molar-refractivity contribution is 5.28. The Bertz CT molecular complexity index is 659. The summed E-state index contributed by atoms with van der Waals surface area (Å²) >= 11 is 0. The van der Waals surface area contributed by atoms with Crippen LogP contribution in [0.3, 0.4) is 0 Å². The lowest BCUT2D eigenvalue weighted by atomic mass is 9.84. The molecule has 1 aliphatic heterocycles. The van der Waals surface area contributed by atoms with Crippen LogP contribution < -0.4 is 4.74 Å². The van der Waals surface area contributed by atoms with E-state index in [2.05, 4.69) is 48.2 Å². The second-order valence-corrected chi connectivity index (χ2v) is 6.89. The Morgan fingerprint density at radius 1 is 1.00 bits per heavy atom. The summed E-state index contributed by atoms with van der Waals surface area (Å²) in [7, 11) is 0. The second kappa shape index (κ2) is 8.00. The SMILES string of the molecule is Cc1ccc(C2(O)CCN(Cc3ccc(OCCO)cc3)CC2)cc1. The van der Waals surface area contributed by atoms with E-state index in [4.69, 9.17) is 9.84 Å². The van der Waals surface area contributed by atoms with E-state index in [1.807, 2.05) is 12.1 Å². The van der Waals surface area contributed by atoms with Gasteiger partial charge >= 0.3 is 0 Å². The Hall–Kier alpha value is -1.88. The number of benzene rings is 2. The van der Waals surface area contributed by atoms with E-state index < -0.39 is 5.60 Å². The monoisotopic (exact) mass is 341 g/mol. The molecule has 25 heavy (non-hydrogen) atoms. The van der Waals surface area contributed by atoms with Crippen LogP contribution in [-0.2, 0) is 12.1 Å². The predicted molar refractivity (Wildman–Crippen MR) is 98.6 cm³/mol. The molecule has 0 saturated carbocycles. The van der Waals surface area contributed by atoms with Gasteiger partial charge in [0.15, 0.2) is 0 Å². The summed E-state index contributed by atoms with van der Waals surface area (Å²) in [6.45, 7) is 5.06. The van der Waals surface area contributed by atoms with E-state index in [1.54, 1.807) is 0 Å². The third-order valence-electron chi connectivity index (χ3n) is 4.96. The lowest BCUT2D eigenvalue weighted by Crippen LogP contribution is -2.42. The summed E-state index contributed by atoms with van der Waals surface area (Å²) in [4.78, 5) is 2.38. The van der Waals surface area contributed by atoms with E-state index in [-0.39, 0.29) is 6.61 Å². The molecule has 0 radical (unpaired) electrons. The quantitative estimate of drug-likeness (QED) is 0.848. The Morgan fingerprint density at radius 3 is 2.24 bits per heavy atom. The molecule has 0 unspecified atom stereocenters. The molecule has 3 rings (SSSR count). The average Bonchev–Trinajstić information content (AvgIpc) is 2.64. The summed E-state index contributed by atoms with van der Waals surface area (Å²) in [6.07, 6.45) is 1.52. The molecule has 134 valence electrons. The van der Waals surface area contributed by atoms with E-state index in [0.29, 0.717) is 6.61 Å². The Kier molecular flexibility index (Phi) is 5.74. The standard InChI is InChI=1S/C21H27NO3/c1-17-2-6-19(7-3-17)21(24)10-12-22(13-11-21)16-18-4-8-20(9-5-18)25-15-14-23/h2-9,23-24H,10-16H2,1H3. The first-order chi connectivity index (χ1) is 12.1. The Morgan fingerprint density at radius 2 is 1.64 bits per heavy atom. The maximum absolute atomic E-state index is 11.0. The van der Waals surface area contributed by atoms with Gasteiger partial charge in [-0.05, 0) is 43.0 Å². The molecule has 0 bridgehead atoms. The highest BCUT2D eigenvalue weighted by atomic mass is 16.5. The van der Waals surface area contributed by atoms with Crippen molar-refractivity contribution < 1.29 is 14.9 Å². The molecule has 2 aromatic rings. The molecule has 2 aromatic carbocycles. The largest absolute Gasteiger partial charge is 0.491 e. The summed E-state index contributed by atoms with van der Waals surface area (Å²) in [5.41, 5.74) is 2.78. The van der Waals surface area contributed by atoms with Gasteiger partial charge in [-0.25, -0.2) is 0 Å². The Balaban J connectivity index is 1.54. The van der Waals surface area contributed by atoms with Gasteiger partial charge in [-0.1, -0.05) is 42.0 Å². The third-order valence-corrected chi connectivity index (χ3v) is 4.96. The minimum Gasteiger partial charge on any atom is -0.491 e. The van der Waals surface area contributed by atoms with Crippen molar-refractivity contribution in [2.75, 3.05) is 26.3 Å². The summed E-state index contributed by atoms with van der Waals surface area (Å²) in [5, 5.41) is 19.8. The van der Waals surface area contributed by atoms with Gasteiger partial charge in [-0.3, -0.25) is 4.90 Å². The van der Waals surface area contributed by atoms with Gasteiger partial charge in [-0.2, -0.15) is 0 Å². The summed E-state index contributed by atoms with van der Waals surface area (Å²) in [6, 6.07) is 16.3. The predicted octanol–water partition coefficient (Wildman–Crippen LogP) is 2.85. The zero-order valence-electron chi connectivity index (χ0n) is 14.8. The highest BCUT2D eigenvalue weighted by Crippen LogP contribution is 2.33. The number of aliphatic hydroxyl groups excluding tert-OH is 1. The number of rotatable bonds is 6. The lowest BCUT2D eigenvalue weighted by molar-refractivity contribution is -0.0277. The molecule has 1 aliphatic rings. The van der Waals surface area contributed by atoms with E-state index >= 15 is 0 Å². The van der Waals surface area contributed by atoms with Crippen molar-refractivity contribution in [1.82, 2.24) is 4.90 Å². The van der Waals surface area contributed by atoms with E-state index in [1.165, 1.54) is 11.1 Å². The van der Waals surface area contributed by atoms with Crippen LogP contribution in [0.4, 0.5) is 0 Å². The van der Waals surface area contributed by atoms with Crippen LogP contribution in [0.25, 0.3) is 0 Å². The van der Waals surface area contributed by atoms with Crippen molar-refractivity contribution in [3.8, 4) is 5.75 Å². The number of aryl methyl sites for hydroxylation is 1. The fourth-order valence-electron chi connectivity index (χ4n) is 3.35. The number of ether oxygens (including phenoxy) is 1. The normalized spacial score (nSPS) is 17.4. The number of hydrogen-bond acceptors (Lipinski definition) is 4. The van der Waals surface area contributed by atoms with Gasteiger partial charge in [0.2, 0.25) is 0 Å². The number of aliphatic hydroxyl groups is 2. The first-order valence-corrected chi connectivity index (χ1v) is 8.93. The molecule has 2 N–H and O–H groups in total. The zero-order valence-corrected chi connectivity index (χ0v) is 14.8. The van der Waals surface area contributed by atoms with Crippen LogP contribution in [0.15, 0.2) is 48.5 Å². The number of piperidine rings is 1. The highest BCUT2D eigenvalue weighted by Gasteiger charge is 2.33. The average molecular weight is 341 g/mol. The van der Waals surface area contributed by atoms with Crippen molar-refractivity contribution in [1.29, 1.82) is 0 Å². The summed E-state index contributed by atoms with van der Waals surface area (Å²) in [5.74, 6) is 0.783. The molecular weight excluding hydrogens is 314 g/mol. The van der Waals surface area contributed by atoms with Crippen LogP contribution >= 0.6 is 0 Å². The molecule has 0 amide bonds. The molecule has 4 heteroatoms. The molecule has 1 saturated heterocycles. The topological polar surface area (TPSA) is 52.9 Å². The van der Waals surface area contributed by atoms with Gasteiger partial charge in [0.1, 0.15) is 12.4 Å². The van der Waals surface area contributed by atoms with Crippen molar-refractivity contribution >= 4 is 0 Å². The lowest BCUT2D eigenvalue weighted by Gasteiger charge is -2.38. The third kappa shape index (κ3) is 4.60. The molecule has 0 atom stereocenters. The maximum atomic E-state index is 11.0. The number of nitrogens with zero attached hydrogens (tertiary/aromatic N) is 1. The van der Waals surface area contributed by atoms with E-state index in [9.17, 15) is 5.11 Å². The van der Waals surface area contributed by atoms with Gasteiger partial charge in [0, 0.05) is 19.6 Å². The molecule has 0 aromatic heterocycles. The van der Waals surface area contributed by atoms with Crippen LogP contribution in [0.2, 0.25) is 0 Å². The maximum Gasteiger partial charge on any atom is 0.119 e. The number of likely N-dealkylation sites (tertiary alicyclic amines) is 1. The first-order valence-electron chi connectivity index (χ1n) is 8.93. The van der Waals surface area contributed by atoms with Gasteiger partial charge < -0.3 is 14.9 Å². The first kappa shape index (κ1) is 17.9. The van der Waals surface area contributed by atoms with Crippen molar-refractivity contribution in [2.45, 2.75) is 31.9 Å². The van der Waals surface area contributed by atoms with Crippen LogP contribution in [0.1, 0.15) is 29.5 Å². The minimum absolute atomic E-state index is 0.0272. The smallest absolute Gasteiger partial charge is 0.119 e. The molecule has 1 heterocycles. The molecule has 0 spiro atoms. The van der Waals surface area contributed by atoms with Crippen LogP contribution in [-0.4, -0.2) is 41.4 Å². The van der Waals surface area contributed by atoms with Crippen LogP contribution in [0, 0.1) is 6.92 Å². The molecular formula is C21H27NO3. The number of hydrogen-bond donors (Lipinski definition) is 2. The van der Waals surface area contributed by atoms with Gasteiger partial charge in [0.25, 0.3) is 0 Å². The molecule has 0 aliphatic carbocycles. The van der Waals surface area contributed by atoms with Crippen molar-refractivity contribution in [2.24, 2.45) is 0 Å². The molecule has 4 nitrogen and oxygen atoms in total. The second-order valence-electron chi connectivity index (χ2n) is 6.89. The fourth-order valence-corrected chi connectivity index (χ4v) is 3.35. The van der Waals surface area contributed by atoms with Gasteiger partial charge in [0.05, 0.1) is 12.2 Å². The van der Waals surface area contributed by atoms with E-state index in [0.717, 1.165) is 43.8 Å². The minimum atomic E-state index is -0.702.